The van der Waals surface area contributed by atoms with E-state index in [1.165, 1.54) is 16.9 Å². The molecule has 4 rings (SSSR count). The summed E-state index contributed by atoms with van der Waals surface area (Å²) < 4.78 is 1.70. The van der Waals surface area contributed by atoms with E-state index < -0.39 is 0 Å². The monoisotopic (exact) mass is 426 g/mol. The topological polar surface area (TPSA) is 33.2 Å². The van der Waals surface area contributed by atoms with E-state index in [4.69, 9.17) is 16.6 Å². The van der Waals surface area contributed by atoms with Gasteiger partial charge in [-0.2, -0.15) is 0 Å². The number of thiophene rings is 1. The number of aromatic nitrogens is 1. The van der Waals surface area contributed by atoms with E-state index in [-0.39, 0.29) is 5.91 Å². The van der Waals surface area contributed by atoms with Crippen LogP contribution in [0.1, 0.15) is 40.6 Å². The molecule has 0 aliphatic heterocycles. The number of carbonyl (C=O) groups excluding carboxylic acids is 1. The van der Waals surface area contributed by atoms with E-state index in [2.05, 4.69) is 32.0 Å². The summed E-state index contributed by atoms with van der Waals surface area (Å²) in [5.74, 6) is 0.291. The molecule has 142 valence electrons. The first-order valence-corrected chi connectivity index (χ1v) is 11.0. The fourth-order valence-electron chi connectivity index (χ4n) is 3.09. The molecule has 0 unspecified atom stereocenters. The summed E-state index contributed by atoms with van der Waals surface area (Å²) in [6.45, 7) is 4.79. The van der Waals surface area contributed by atoms with Crippen molar-refractivity contribution in [3.8, 4) is 0 Å². The Hall–Kier alpha value is -2.21. The number of hydrogen-bond donors (Lipinski definition) is 0. The summed E-state index contributed by atoms with van der Waals surface area (Å²) in [4.78, 5) is 20.6. The van der Waals surface area contributed by atoms with Crippen LogP contribution >= 0.6 is 34.3 Å². The van der Waals surface area contributed by atoms with Crippen molar-refractivity contribution in [2.45, 2.75) is 26.3 Å². The standard InChI is InChI=1S/C22H19ClN2OS2/c1-14(2)16-9-6-10-17-20(16)24-22(28-17)25(13-15-7-4-3-5-8-15)21(26)18-11-12-19(23)27-18/h3-12,14H,13H2,1-2H3. The number of carbonyl (C=O) groups is 1. The Morgan fingerprint density at radius 3 is 2.50 bits per heavy atom. The summed E-state index contributed by atoms with van der Waals surface area (Å²) in [5, 5.41) is 0.710. The lowest BCUT2D eigenvalue weighted by atomic mass is 10.0. The minimum atomic E-state index is -0.0779. The van der Waals surface area contributed by atoms with Gasteiger partial charge in [-0.25, -0.2) is 4.98 Å². The molecule has 28 heavy (non-hydrogen) atoms. The van der Waals surface area contributed by atoms with Crippen LogP contribution in [0.3, 0.4) is 0 Å². The molecule has 0 saturated carbocycles. The maximum Gasteiger partial charge on any atom is 0.270 e. The van der Waals surface area contributed by atoms with Crippen molar-refractivity contribution in [1.82, 2.24) is 4.98 Å². The van der Waals surface area contributed by atoms with Crippen LogP contribution in [0.2, 0.25) is 4.34 Å². The van der Waals surface area contributed by atoms with Crippen LogP contribution in [0, 0.1) is 0 Å². The molecule has 0 saturated heterocycles. The second-order valence-corrected chi connectivity index (χ2v) is 9.55. The van der Waals surface area contributed by atoms with Crippen LogP contribution in [0.4, 0.5) is 5.13 Å². The summed E-state index contributed by atoms with van der Waals surface area (Å²) in [6.07, 6.45) is 0. The van der Waals surface area contributed by atoms with Crippen molar-refractivity contribution in [1.29, 1.82) is 0 Å². The first-order chi connectivity index (χ1) is 13.5. The molecular weight excluding hydrogens is 408 g/mol. The van der Waals surface area contributed by atoms with Crippen LogP contribution in [-0.4, -0.2) is 10.9 Å². The quantitative estimate of drug-likeness (QED) is 0.344. The first kappa shape index (κ1) is 19.1. The molecule has 6 heteroatoms. The molecule has 0 bridgehead atoms. The molecule has 3 nitrogen and oxygen atoms in total. The van der Waals surface area contributed by atoms with Crippen molar-refractivity contribution >= 4 is 55.5 Å². The number of anilines is 1. The molecule has 0 N–H and O–H groups in total. The van der Waals surface area contributed by atoms with Gasteiger partial charge in [0.05, 0.1) is 26.0 Å². The molecule has 2 heterocycles. The van der Waals surface area contributed by atoms with E-state index in [0.29, 0.717) is 26.8 Å². The number of halogens is 1. The third-order valence-corrected chi connectivity index (χ3v) is 6.77. The Morgan fingerprint density at radius 1 is 1.04 bits per heavy atom. The van der Waals surface area contributed by atoms with E-state index in [1.807, 2.05) is 30.3 Å². The van der Waals surface area contributed by atoms with Gasteiger partial charge < -0.3 is 0 Å². The average molecular weight is 427 g/mol. The lowest BCUT2D eigenvalue weighted by molar-refractivity contribution is 0.0989. The molecule has 2 aromatic carbocycles. The number of fused-ring (bicyclic) bond motifs is 1. The van der Waals surface area contributed by atoms with Crippen molar-refractivity contribution < 1.29 is 4.79 Å². The zero-order valence-electron chi connectivity index (χ0n) is 15.6. The third kappa shape index (κ3) is 3.83. The highest BCUT2D eigenvalue weighted by Gasteiger charge is 2.24. The van der Waals surface area contributed by atoms with Gasteiger partial charge >= 0.3 is 0 Å². The molecule has 4 aromatic rings. The number of amides is 1. The summed E-state index contributed by atoms with van der Waals surface area (Å²) in [6, 6.07) is 19.8. The third-order valence-electron chi connectivity index (χ3n) is 4.50. The fourth-order valence-corrected chi connectivity index (χ4v) is 5.08. The van der Waals surface area contributed by atoms with Gasteiger partial charge in [-0.15, -0.1) is 11.3 Å². The maximum atomic E-state index is 13.3. The second-order valence-electron chi connectivity index (χ2n) is 6.83. The summed E-state index contributed by atoms with van der Waals surface area (Å²) in [7, 11) is 0. The van der Waals surface area contributed by atoms with Crippen LogP contribution < -0.4 is 4.90 Å². The molecule has 0 aliphatic carbocycles. The van der Waals surface area contributed by atoms with Crippen molar-refractivity contribution in [2.24, 2.45) is 0 Å². The zero-order chi connectivity index (χ0) is 19.7. The Bertz CT molecular complexity index is 1120. The predicted octanol–water partition coefficient (Wildman–Crippen LogP) is 6.98. The van der Waals surface area contributed by atoms with Crippen molar-refractivity contribution in [3.63, 3.8) is 0 Å². The first-order valence-electron chi connectivity index (χ1n) is 9.03. The molecule has 0 aliphatic rings. The van der Waals surface area contributed by atoms with Gasteiger partial charge in [0.15, 0.2) is 5.13 Å². The number of para-hydroxylation sites is 1. The van der Waals surface area contributed by atoms with Crippen molar-refractivity contribution in [3.05, 3.63) is 81.0 Å². The maximum absolute atomic E-state index is 13.3. The SMILES string of the molecule is CC(C)c1cccc2sc(N(Cc3ccccc3)C(=O)c3ccc(Cl)s3)nc12. The minimum Gasteiger partial charge on any atom is -0.279 e. The van der Waals surface area contributed by atoms with E-state index >= 15 is 0 Å². The number of rotatable bonds is 5. The predicted molar refractivity (Wildman–Crippen MR) is 120 cm³/mol. The molecular formula is C22H19ClN2OS2. The summed E-state index contributed by atoms with van der Waals surface area (Å²) in [5.41, 5.74) is 3.24. The van der Waals surface area contributed by atoms with Crippen LogP contribution in [-0.2, 0) is 6.54 Å². The second kappa shape index (κ2) is 8.03. The van der Waals surface area contributed by atoms with Crippen LogP contribution in [0.25, 0.3) is 10.2 Å². The molecule has 2 aromatic heterocycles. The highest BCUT2D eigenvalue weighted by atomic mass is 35.5. The molecule has 0 spiro atoms. The van der Waals surface area contributed by atoms with Gasteiger partial charge in [0.2, 0.25) is 0 Å². The highest BCUT2D eigenvalue weighted by molar-refractivity contribution is 7.22. The summed E-state index contributed by atoms with van der Waals surface area (Å²) >= 11 is 8.92. The Labute approximate surface area is 177 Å². The van der Waals surface area contributed by atoms with Gasteiger partial charge in [0.1, 0.15) is 0 Å². The number of nitrogens with zero attached hydrogens (tertiary/aromatic N) is 2. The lowest BCUT2D eigenvalue weighted by Crippen LogP contribution is -2.29. The van der Waals surface area contributed by atoms with E-state index in [1.54, 1.807) is 28.4 Å². The molecule has 0 atom stereocenters. The van der Waals surface area contributed by atoms with Crippen LogP contribution in [0.5, 0.6) is 0 Å². The Kier molecular flexibility index (Phi) is 5.49. The van der Waals surface area contributed by atoms with Gasteiger partial charge in [0, 0.05) is 0 Å². The van der Waals surface area contributed by atoms with Crippen LogP contribution in [0.15, 0.2) is 60.7 Å². The Balaban J connectivity index is 1.79. The molecule has 0 fully saturated rings. The largest absolute Gasteiger partial charge is 0.279 e. The fraction of sp³-hybridized carbons (Fsp3) is 0.182. The number of benzene rings is 2. The zero-order valence-corrected chi connectivity index (χ0v) is 17.9. The average Bonchev–Trinajstić information content (AvgIpc) is 3.32. The van der Waals surface area contributed by atoms with Gasteiger partial charge in [-0.1, -0.05) is 79.2 Å². The minimum absolute atomic E-state index is 0.0779. The highest BCUT2D eigenvalue weighted by Crippen LogP contribution is 2.35. The Morgan fingerprint density at radius 2 is 1.82 bits per heavy atom. The van der Waals surface area contributed by atoms with Gasteiger partial charge in [-0.05, 0) is 35.2 Å². The number of thiazole rings is 1. The van der Waals surface area contributed by atoms with E-state index in [0.717, 1.165) is 15.8 Å². The van der Waals surface area contributed by atoms with E-state index in [9.17, 15) is 4.79 Å². The smallest absolute Gasteiger partial charge is 0.270 e. The van der Waals surface area contributed by atoms with Gasteiger partial charge in [-0.3, -0.25) is 9.69 Å². The van der Waals surface area contributed by atoms with Crippen molar-refractivity contribution in [2.75, 3.05) is 4.90 Å². The molecule has 1 amide bonds. The number of hydrogen-bond acceptors (Lipinski definition) is 4. The van der Waals surface area contributed by atoms with Gasteiger partial charge in [0.25, 0.3) is 5.91 Å². The molecule has 0 radical (unpaired) electrons. The lowest BCUT2D eigenvalue weighted by Gasteiger charge is -2.19. The normalized spacial score (nSPS) is 11.3.